The summed E-state index contributed by atoms with van der Waals surface area (Å²) >= 11 is 0. The molecule has 2 aromatic heterocycles. The third-order valence-electron chi connectivity index (χ3n) is 4.29. The molecule has 1 aliphatic rings. The molecule has 25 heavy (non-hydrogen) atoms. The maximum Gasteiger partial charge on any atom is 0.246 e. The summed E-state index contributed by atoms with van der Waals surface area (Å²) in [5, 5.41) is 10.5. The van der Waals surface area contributed by atoms with Gasteiger partial charge < -0.3 is 14.4 Å². The first kappa shape index (κ1) is 15.5. The Kier molecular flexibility index (Phi) is 3.60. The topological polar surface area (TPSA) is 94.1 Å². The highest BCUT2D eigenvalue weighted by Crippen LogP contribution is 2.48. The number of benzene rings is 1. The first-order chi connectivity index (χ1) is 12.1. The zero-order valence-corrected chi connectivity index (χ0v) is 13.5. The van der Waals surface area contributed by atoms with Crippen LogP contribution < -0.4 is 5.32 Å². The number of aryl methyl sites for hydroxylation is 1. The van der Waals surface area contributed by atoms with Gasteiger partial charge in [0.05, 0.1) is 23.2 Å². The van der Waals surface area contributed by atoms with Crippen LogP contribution in [0.1, 0.15) is 30.3 Å². The van der Waals surface area contributed by atoms with Crippen LogP contribution in [0.3, 0.4) is 0 Å². The highest BCUT2D eigenvalue weighted by molar-refractivity contribution is 5.90. The van der Waals surface area contributed by atoms with E-state index in [4.69, 9.17) is 9.05 Å². The van der Waals surface area contributed by atoms with E-state index in [0.29, 0.717) is 41.6 Å². The normalized spacial score (nSPS) is 15.1. The fourth-order valence-electron chi connectivity index (χ4n) is 2.75. The van der Waals surface area contributed by atoms with E-state index in [1.807, 2.05) is 0 Å². The Hall–Kier alpha value is -3.03. The maximum atomic E-state index is 13.9. The molecule has 0 atom stereocenters. The van der Waals surface area contributed by atoms with Crippen molar-refractivity contribution in [2.45, 2.75) is 31.7 Å². The number of halogens is 1. The summed E-state index contributed by atoms with van der Waals surface area (Å²) in [6.07, 6.45) is 1.32. The molecule has 0 aliphatic heterocycles. The van der Waals surface area contributed by atoms with Gasteiger partial charge in [0.15, 0.2) is 11.6 Å². The number of amides is 1. The van der Waals surface area contributed by atoms with Crippen molar-refractivity contribution in [3.05, 3.63) is 53.6 Å². The molecule has 1 amide bonds. The summed E-state index contributed by atoms with van der Waals surface area (Å²) in [6, 6.07) is 7.90. The molecular weight excluding hydrogens is 327 g/mol. The number of aromatic nitrogens is 3. The van der Waals surface area contributed by atoms with E-state index in [0.717, 1.165) is 0 Å². The van der Waals surface area contributed by atoms with E-state index in [9.17, 15) is 9.18 Å². The third kappa shape index (κ3) is 2.79. The minimum Gasteiger partial charge on any atom is -0.356 e. The first-order valence-corrected chi connectivity index (χ1v) is 7.88. The molecule has 128 valence electrons. The van der Waals surface area contributed by atoms with Crippen molar-refractivity contribution in [1.29, 1.82) is 0 Å². The lowest BCUT2D eigenvalue weighted by atomic mass is 10.0. The Bertz CT molecular complexity index is 929. The second kappa shape index (κ2) is 5.80. The first-order valence-electron chi connectivity index (χ1n) is 7.88. The summed E-state index contributed by atoms with van der Waals surface area (Å²) < 4.78 is 24.1. The average molecular weight is 342 g/mol. The van der Waals surface area contributed by atoms with Gasteiger partial charge >= 0.3 is 0 Å². The summed E-state index contributed by atoms with van der Waals surface area (Å²) in [5.74, 6) is 0.577. The van der Waals surface area contributed by atoms with Gasteiger partial charge in [0, 0.05) is 6.07 Å². The Morgan fingerprint density at radius 2 is 2.08 bits per heavy atom. The Labute approximate surface area is 142 Å². The molecule has 0 radical (unpaired) electrons. The van der Waals surface area contributed by atoms with Crippen LogP contribution in [0.5, 0.6) is 0 Å². The number of hydrogen-bond donors (Lipinski definition) is 1. The van der Waals surface area contributed by atoms with Crippen LogP contribution in [-0.2, 0) is 16.8 Å². The van der Waals surface area contributed by atoms with Crippen LogP contribution in [0.2, 0.25) is 0 Å². The molecule has 1 fully saturated rings. The van der Waals surface area contributed by atoms with Gasteiger partial charge in [-0.1, -0.05) is 22.4 Å². The number of carbonyl (C=O) groups excluding carboxylic acids is 1. The molecule has 0 unspecified atom stereocenters. The molecule has 1 saturated carbocycles. The number of carbonyl (C=O) groups is 1. The Morgan fingerprint density at radius 1 is 1.28 bits per heavy atom. The predicted molar refractivity (Wildman–Crippen MR) is 83.7 cm³/mol. The van der Waals surface area contributed by atoms with Gasteiger partial charge in [-0.25, -0.2) is 4.39 Å². The van der Waals surface area contributed by atoms with Crippen LogP contribution in [-0.4, -0.2) is 21.2 Å². The van der Waals surface area contributed by atoms with Crippen molar-refractivity contribution < 1.29 is 18.2 Å². The van der Waals surface area contributed by atoms with Crippen LogP contribution >= 0.6 is 0 Å². The lowest BCUT2D eigenvalue weighted by molar-refractivity contribution is -0.124. The van der Waals surface area contributed by atoms with Gasteiger partial charge in [-0.05, 0) is 31.9 Å². The summed E-state index contributed by atoms with van der Waals surface area (Å²) in [6.45, 7) is 1.86. The number of hydrogen-bond acceptors (Lipinski definition) is 6. The van der Waals surface area contributed by atoms with E-state index in [-0.39, 0.29) is 12.5 Å². The smallest absolute Gasteiger partial charge is 0.246 e. The molecule has 0 bridgehead atoms. The van der Waals surface area contributed by atoms with E-state index in [1.165, 1.54) is 6.07 Å². The maximum absolute atomic E-state index is 13.9. The molecular formula is C17H15FN4O3. The zero-order valence-electron chi connectivity index (χ0n) is 13.5. The molecule has 1 N–H and O–H groups in total. The summed E-state index contributed by atoms with van der Waals surface area (Å²) in [7, 11) is 0. The van der Waals surface area contributed by atoms with Crippen molar-refractivity contribution in [3.8, 4) is 11.3 Å². The monoisotopic (exact) mass is 342 g/mol. The van der Waals surface area contributed by atoms with E-state index >= 15 is 0 Å². The van der Waals surface area contributed by atoms with E-state index in [1.54, 1.807) is 31.2 Å². The number of nitrogens with zero attached hydrogens (tertiary/aromatic N) is 3. The fraction of sp³-hybridized carbons (Fsp3) is 0.294. The molecule has 0 spiro atoms. The van der Waals surface area contributed by atoms with Crippen LogP contribution in [0.4, 0.5) is 4.39 Å². The summed E-state index contributed by atoms with van der Waals surface area (Å²) in [4.78, 5) is 16.6. The fourth-order valence-corrected chi connectivity index (χ4v) is 2.75. The average Bonchev–Trinajstić information content (AvgIpc) is 3.08. The number of rotatable bonds is 5. The third-order valence-corrected chi connectivity index (χ3v) is 4.29. The molecule has 7 nitrogen and oxygen atoms in total. The van der Waals surface area contributed by atoms with Crippen molar-refractivity contribution in [2.24, 2.45) is 0 Å². The largest absolute Gasteiger partial charge is 0.356 e. The molecule has 1 aliphatic carbocycles. The van der Waals surface area contributed by atoms with E-state index < -0.39 is 11.2 Å². The van der Waals surface area contributed by atoms with Crippen LogP contribution in [0, 0.1) is 12.7 Å². The van der Waals surface area contributed by atoms with Gasteiger partial charge in [0.2, 0.25) is 11.8 Å². The molecule has 2 heterocycles. The second-order valence-corrected chi connectivity index (χ2v) is 6.06. The van der Waals surface area contributed by atoms with Crippen LogP contribution in [0.15, 0.2) is 39.4 Å². The van der Waals surface area contributed by atoms with Gasteiger partial charge in [-0.3, -0.25) is 4.79 Å². The SMILES string of the molecule is Cc1noc(CNC(=O)C2(c3cc(-c4ccccc4F)on3)CC2)n1. The van der Waals surface area contributed by atoms with Crippen molar-refractivity contribution in [1.82, 2.24) is 20.6 Å². The molecule has 3 aromatic rings. The Balaban J connectivity index is 1.51. The quantitative estimate of drug-likeness (QED) is 0.766. The van der Waals surface area contributed by atoms with Crippen LogP contribution in [0.25, 0.3) is 11.3 Å². The van der Waals surface area contributed by atoms with Crippen molar-refractivity contribution in [3.63, 3.8) is 0 Å². The van der Waals surface area contributed by atoms with Gasteiger partial charge in [0.1, 0.15) is 5.82 Å². The summed E-state index contributed by atoms with van der Waals surface area (Å²) in [5.41, 5.74) is 0.0889. The predicted octanol–water partition coefficient (Wildman–Crippen LogP) is 2.52. The van der Waals surface area contributed by atoms with Crippen molar-refractivity contribution in [2.75, 3.05) is 0 Å². The second-order valence-electron chi connectivity index (χ2n) is 6.06. The van der Waals surface area contributed by atoms with Crippen molar-refractivity contribution >= 4 is 5.91 Å². The van der Waals surface area contributed by atoms with E-state index in [2.05, 4.69) is 20.6 Å². The van der Waals surface area contributed by atoms with Gasteiger partial charge in [-0.2, -0.15) is 4.98 Å². The lowest BCUT2D eigenvalue weighted by Gasteiger charge is -2.10. The highest BCUT2D eigenvalue weighted by atomic mass is 19.1. The molecule has 1 aromatic carbocycles. The molecule has 8 heteroatoms. The highest BCUT2D eigenvalue weighted by Gasteiger charge is 2.53. The minimum atomic E-state index is -0.734. The Morgan fingerprint density at radius 3 is 2.76 bits per heavy atom. The lowest BCUT2D eigenvalue weighted by Crippen LogP contribution is -2.34. The number of nitrogens with one attached hydrogen (secondary N) is 1. The standard InChI is InChI=1S/C17H15FN4O3/c1-10-20-15(25-21-10)9-19-16(23)17(6-7-17)14-8-13(24-22-14)11-4-2-3-5-12(11)18/h2-5,8H,6-7,9H2,1H3,(H,19,23). The molecule has 4 rings (SSSR count). The minimum absolute atomic E-state index is 0.152. The molecule has 0 saturated heterocycles. The van der Waals surface area contributed by atoms with Gasteiger partial charge in [-0.15, -0.1) is 0 Å². The van der Waals surface area contributed by atoms with Gasteiger partial charge in [0.25, 0.3) is 0 Å². The zero-order chi connectivity index (χ0) is 17.4.